The lowest BCUT2D eigenvalue weighted by Crippen LogP contribution is -2.40. The third-order valence-electron chi connectivity index (χ3n) is 2.44. The van der Waals surface area contributed by atoms with E-state index >= 15 is 0 Å². The molecule has 0 spiro atoms. The Bertz CT molecular complexity index is 181. The summed E-state index contributed by atoms with van der Waals surface area (Å²) in [6.07, 6.45) is 1.91. The lowest BCUT2D eigenvalue weighted by molar-refractivity contribution is -0.132. The van der Waals surface area contributed by atoms with Crippen molar-refractivity contribution in [3.05, 3.63) is 0 Å². The van der Waals surface area contributed by atoms with Gasteiger partial charge in [0.25, 0.3) is 0 Å². The molecule has 3 nitrogen and oxygen atoms in total. The van der Waals surface area contributed by atoms with Gasteiger partial charge in [-0.3, -0.25) is 9.59 Å². The molecule has 68 valence electrons. The van der Waals surface area contributed by atoms with E-state index in [-0.39, 0.29) is 17.6 Å². The van der Waals surface area contributed by atoms with E-state index in [0.717, 1.165) is 19.4 Å². The molecule has 1 aliphatic rings. The summed E-state index contributed by atoms with van der Waals surface area (Å²) in [5.41, 5.74) is 0. The Labute approximate surface area is 72.7 Å². The van der Waals surface area contributed by atoms with Crippen molar-refractivity contribution < 1.29 is 9.59 Å². The number of amides is 1. The van der Waals surface area contributed by atoms with Gasteiger partial charge in [0.15, 0.2) is 0 Å². The first-order chi connectivity index (χ1) is 5.61. The van der Waals surface area contributed by atoms with Gasteiger partial charge in [-0.05, 0) is 19.8 Å². The molecule has 1 heterocycles. The minimum absolute atomic E-state index is 0.0842. The summed E-state index contributed by atoms with van der Waals surface area (Å²) in [5.74, 6) is 0.379. The van der Waals surface area contributed by atoms with Gasteiger partial charge in [0.2, 0.25) is 5.91 Å². The van der Waals surface area contributed by atoms with Crippen LogP contribution in [0.15, 0.2) is 0 Å². The van der Waals surface area contributed by atoms with E-state index in [9.17, 15) is 9.59 Å². The fourth-order valence-corrected chi connectivity index (χ4v) is 1.59. The Morgan fingerprint density at radius 1 is 1.33 bits per heavy atom. The largest absolute Gasteiger partial charge is 0.342 e. The minimum atomic E-state index is 0.0842. The van der Waals surface area contributed by atoms with Crippen LogP contribution in [0.1, 0.15) is 26.7 Å². The molecule has 0 bridgehead atoms. The fraction of sp³-hybridized carbons (Fsp3) is 0.778. The van der Waals surface area contributed by atoms with Crippen LogP contribution in [-0.2, 0) is 9.59 Å². The van der Waals surface area contributed by atoms with E-state index in [2.05, 4.69) is 0 Å². The Hall–Kier alpha value is -0.860. The molecule has 0 aliphatic carbocycles. The summed E-state index contributed by atoms with van der Waals surface area (Å²) in [7, 11) is 0. The molecule has 12 heavy (non-hydrogen) atoms. The van der Waals surface area contributed by atoms with Crippen LogP contribution in [-0.4, -0.2) is 29.7 Å². The smallest absolute Gasteiger partial charge is 0.219 e. The molecular formula is C9H15NO2. The van der Waals surface area contributed by atoms with Gasteiger partial charge in [0.05, 0.1) is 0 Å². The molecule has 1 aliphatic heterocycles. The molecule has 0 saturated carbocycles. The number of likely N-dealkylation sites (tertiary alicyclic amines) is 1. The van der Waals surface area contributed by atoms with Crippen molar-refractivity contribution in [2.24, 2.45) is 5.92 Å². The Morgan fingerprint density at radius 2 is 2.00 bits per heavy atom. The van der Waals surface area contributed by atoms with Crippen LogP contribution in [0.5, 0.6) is 0 Å². The zero-order chi connectivity index (χ0) is 9.14. The second kappa shape index (κ2) is 3.70. The molecule has 1 fully saturated rings. The average molecular weight is 169 g/mol. The van der Waals surface area contributed by atoms with E-state index in [1.807, 2.05) is 0 Å². The Balaban J connectivity index is 2.51. The lowest BCUT2D eigenvalue weighted by atomic mass is 9.95. The lowest BCUT2D eigenvalue weighted by Gasteiger charge is -2.30. The topological polar surface area (TPSA) is 37.4 Å². The van der Waals surface area contributed by atoms with Gasteiger partial charge in [-0.1, -0.05) is 0 Å². The Morgan fingerprint density at radius 3 is 2.50 bits per heavy atom. The standard InChI is InChI=1S/C9H15NO2/c1-7(11)9-4-3-5-10(6-9)8(2)12/h9H,3-6H2,1-2H3/t9-/m0/s1. The van der Waals surface area contributed by atoms with Crippen LogP contribution in [0, 0.1) is 5.92 Å². The molecule has 0 radical (unpaired) electrons. The van der Waals surface area contributed by atoms with Crippen molar-refractivity contribution in [3.63, 3.8) is 0 Å². The third kappa shape index (κ3) is 2.06. The number of carbonyl (C=O) groups is 2. The zero-order valence-electron chi connectivity index (χ0n) is 7.67. The van der Waals surface area contributed by atoms with Gasteiger partial charge in [-0.2, -0.15) is 0 Å². The highest BCUT2D eigenvalue weighted by Crippen LogP contribution is 2.16. The summed E-state index contributed by atoms with van der Waals surface area (Å²) in [4.78, 5) is 23.8. The normalized spacial score (nSPS) is 23.8. The van der Waals surface area contributed by atoms with E-state index in [0.29, 0.717) is 6.54 Å². The SMILES string of the molecule is CC(=O)[C@H]1CCCN(C(C)=O)C1. The van der Waals surface area contributed by atoms with Crippen molar-refractivity contribution in [3.8, 4) is 0 Å². The van der Waals surface area contributed by atoms with Gasteiger partial charge in [0.1, 0.15) is 5.78 Å². The summed E-state index contributed by atoms with van der Waals surface area (Å²) in [6, 6.07) is 0. The molecule has 0 unspecified atom stereocenters. The first-order valence-corrected chi connectivity index (χ1v) is 4.37. The first kappa shape index (κ1) is 9.23. The number of hydrogen-bond acceptors (Lipinski definition) is 2. The minimum Gasteiger partial charge on any atom is -0.342 e. The molecule has 1 saturated heterocycles. The van der Waals surface area contributed by atoms with Crippen molar-refractivity contribution >= 4 is 11.7 Å². The molecule has 0 aromatic carbocycles. The highest BCUT2D eigenvalue weighted by molar-refractivity contribution is 5.80. The predicted octanol–water partition coefficient (Wildman–Crippen LogP) is 0.834. The number of nitrogens with zero attached hydrogens (tertiary/aromatic N) is 1. The highest BCUT2D eigenvalue weighted by atomic mass is 16.2. The fourth-order valence-electron chi connectivity index (χ4n) is 1.59. The van der Waals surface area contributed by atoms with Gasteiger partial charge < -0.3 is 4.90 Å². The molecule has 0 aromatic heterocycles. The van der Waals surface area contributed by atoms with Crippen LogP contribution >= 0.6 is 0 Å². The van der Waals surface area contributed by atoms with E-state index in [4.69, 9.17) is 0 Å². The van der Waals surface area contributed by atoms with Crippen LogP contribution in [0.4, 0.5) is 0 Å². The van der Waals surface area contributed by atoms with Crippen LogP contribution in [0.3, 0.4) is 0 Å². The summed E-state index contributed by atoms with van der Waals surface area (Å²) in [6.45, 7) is 4.61. The molecule has 0 N–H and O–H groups in total. The quantitative estimate of drug-likeness (QED) is 0.583. The first-order valence-electron chi connectivity index (χ1n) is 4.37. The van der Waals surface area contributed by atoms with Crippen molar-refractivity contribution in [2.75, 3.05) is 13.1 Å². The van der Waals surface area contributed by atoms with Crippen LogP contribution in [0.2, 0.25) is 0 Å². The van der Waals surface area contributed by atoms with E-state index < -0.39 is 0 Å². The van der Waals surface area contributed by atoms with Crippen molar-refractivity contribution in [1.82, 2.24) is 4.90 Å². The van der Waals surface area contributed by atoms with Gasteiger partial charge in [-0.25, -0.2) is 0 Å². The van der Waals surface area contributed by atoms with Crippen molar-refractivity contribution in [2.45, 2.75) is 26.7 Å². The summed E-state index contributed by atoms with van der Waals surface area (Å²) < 4.78 is 0. The molecule has 1 atom stereocenters. The second-order valence-corrected chi connectivity index (χ2v) is 3.41. The number of hydrogen-bond donors (Lipinski definition) is 0. The number of carbonyl (C=O) groups excluding carboxylic acids is 2. The maximum atomic E-state index is 11.0. The molecule has 1 rings (SSSR count). The van der Waals surface area contributed by atoms with E-state index in [1.54, 1.807) is 18.7 Å². The monoisotopic (exact) mass is 169 g/mol. The maximum Gasteiger partial charge on any atom is 0.219 e. The number of Topliss-reactive ketones (excluding diaryl/α,β-unsaturated/α-hetero) is 1. The third-order valence-corrected chi connectivity index (χ3v) is 2.44. The van der Waals surface area contributed by atoms with Gasteiger partial charge >= 0.3 is 0 Å². The average Bonchev–Trinajstić information content (AvgIpc) is 2.04. The van der Waals surface area contributed by atoms with Gasteiger partial charge in [-0.15, -0.1) is 0 Å². The number of piperidine rings is 1. The number of rotatable bonds is 1. The van der Waals surface area contributed by atoms with Gasteiger partial charge in [0, 0.05) is 25.9 Å². The molecular weight excluding hydrogens is 154 g/mol. The Kier molecular flexibility index (Phi) is 2.84. The molecule has 1 amide bonds. The summed E-state index contributed by atoms with van der Waals surface area (Å²) in [5, 5.41) is 0. The van der Waals surface area contributed by atoms with Crippen molar-refractivity contribution in [1.29, 1.82) is 0 Å². The highest BCUT2D eigenvalue weighted by Gasteiger charge is 2.23. The van der Waals surface area contributed by atoms with E-state index in [1.165, 1.54) is 0 Å². The zero-order valence-corrected chi connectivity index (χ0v) is 7.67. The molecule has 3 heteroatoms. The molecule has 0 aromatic rings. The van der Waals surface area contributed by atoms with Crippen LogP contribution < -0.4 is 0 Å². The number of ketones is 1. The second-order valence-electron chi connectivity index (χ2n) is 3.41. The van der Waals surface area contributed by atoms with Crippen LogP contribution in [0.25, 0.3) is 0 Å². The summed E-state index contributed by atoms with van der Waals surface area (Å²) >= 11 is 0. The predicted molar refractivity (Wildman–Crippen MR) is 45.7 cm³/mol. The maximum absolute atomic E-state index is 11.0.